The van der Waals surface area contributed by atoms with E-state index in [0.29, 0.717) is 5.69 Å². The molecule has 5 heteroatoms. The molecule has 1 aliphatic rings. The molecule has 1 aromatic heterocycles. The maximum absolute atomic E-state index is 12.5. The molecule has 1 atom stereocenters. The number of likely N-dealkylation sites (tertiary alicyclic amines) is 1. The Bertz CT molecular complexity index is 484. The molecule has 0 spiro atoms. The van der Waals surface area contributed by atoms with Gasteiger partial charge in [-0.3, -0.25) is 9.78 Å². The number of carbonyl (C=O) groups excluding carboxylic acids is 1. The number of nitrogens with zero attached hydrogens (tertiary/aromatic N) is 2. The Balaban J connectivity index is 2.17. The van der Waals surface area contributed by atoms with Crippen molar-refractivity contribution in [3.8, 4) is 0 Å². The van der Waals surface area contributed by atoms with Gasteiger partial charge in [0, 0.05) is 18.8 Å². The molecule has 1 fully saturated rings. The topological polar surface area (TPSA) is 70.5 Å². The van der Waals surface area contributed by atoms with Gasteiger partial charge in [0.2, 0.25) is 0 Å². The van der Waals surface area contributed by atoms with E-state index in [-0.39, 0.29) is 17.5 Å². The van der Waals surface area contributed by atoms with Crippen LogP contribution in [-0.4, -0.2) is 39.5 Å². The van der Waals surface area contributed by atoms with Gasteiger partial charge in [0.15, 0.2) is 0 Å². The van der Waals surface area contributed by atoms with E-state index in [0.717, 1.165) is 38.6 Å². The Labute approximate surface area is 118 Å². The number of carboxylic acids is 1. The van der Waals surface area contributed by atoms with Gasteiger partial charge in [-0.1, -0.05) is 19.8 Å². The highest BCUT2D eigenvalue weighted by Crippen LogP contribution is 2.21. The number of aromatic carboxylic acids is 1. The zero-order valence-corrected chi connectivity index (χ0v) is 11.7. The normalized spacial score (nSPS) is 19.4. The monoisotopic (exact) mass is 276 g/mol. The fourth-order valence-corrected chi connectivity index (χ4v) is 2.66. The lowest BCUT2D eigenvalue weighted by molar-refractivity contribution is 0.0664. The number of hydrogen-bond acceptors (Lipinski definition) is 3. The zero-order chi connectivity index (χ0) is 14.5. The van der Waals surface area contributed by atoms with E-state index in [1.807, 2.05) is 4.90 Å². The predicted octanol–water partition coefficient (Wildman–Crippen LogP) is 2.57. The van der Waals surface area contributed by atoms with Crippen LogP contribution >= 0.6 is 0 Å². The number of aromatic nitrogens is 1. The highest BCUT2D eigenvalue weighted by atomic mass is 16.4. The lowest BCUT2D eigenvalue weighted by atomic mass is 10.1. The molecule has 0 aromatic carbocycles. The fraction of sp³-hybridized carbons (Fsp3) is 0.533. The van der Waals surface area contributed by atoms with Crippen LogP contribution in [0.2, 0.25) is 0 Å². The number of amides is 1. The van der Waals surface area contributed by atoms with Crippen molar-refractivity contribution in [3.05, 3.63) is 29.6 Å². The third-order valence-electron chi connectivity index (χ3n) is 3.84. The standard InChI is InChI=1S/C15H20N2O3/c1-2-12-6-4-3-5-9-17(12)14(18)13-8-7-11(10-16-13)15(19)20/h7-8,10,12H,2-6,9H2,1H3,(H,19,20). The van der Waals surface area contributed by atoms with Crippen molar-refractivity contribution in [3.63, 3.8) is 0 Å². The van der Waals surface area contributed by atoms with Crippen molar-refractivity contribution in [1.82, 2.24) is 9.88 Å². The molecule has 1 aromatic rings. The van der Waals surface area contributed by atoms with E-state index in [9.17, 15) is 9.59 Å². The van der Waals surface area contributed by atoms with Gasteiger partial charge in [0.1, 0.15) is 5.69 Å². The molecule has 5 nitrogen and oxygen atoms in total. The molecular weight excluding hydrogens is 256 g/mol. The van der Waals surface area contributed by atoms with E-state index in [1.54, 1.807) is 0 Å². The first-order valence-corrected chi connectivity index (χ1v) is 7.13. The number of carbonyl (C=O) groups is 2. The molecule has 1 unspecified atom stereocenters. The van der Waals surface area contributed by atoms with Crippen LogP contribution in [0, 0.1) is 0 Å². The molecule has 2 rings (SSSR count). The van der Waals surface area contributed by atoms with E-state index >= 15 is 0 Å². The Hall–Kier alpha value is -1.91. The Kier molecular flexibility index (Phi) is 4.71. The molecule has 2 heterocycles. The van der Waals surface area contributed by atoms with Gasteiger partial charge in [-0.2, -0.15) is 0 Å². The fourth-order valence-electron chi connectivity index (χ4n) is 2.66. The molecule has 108 valence electrons. The minimum absolute atomic E-state index is 0.0873. The first-order valence-electron chi connectivity index (χ1n) is 7.13. The summed E-state index contributed by atoms with van der Waals surface area (Å²) >= 11 is 0. The van der Waals surface area contributed by atoms with Crippen LogP contribution in [0.15, 0.2) is 18.3 Å². The van der Waals surface area contributed by atoms with Gasteiger partial charge < -0.3 is 10.0 Å². The van der Waals surface area contributed by atoms with E-state index in [4.69, 9.17) is 5.11 Å². The zero-order valence-electron chi connectivity index (χ0n) is 11.7. The van der Waals surface area contributed by atoms with Gasteiger partial charge >= 0.3 is 5.97 Å². The first kappa shape index (κ1) is 14.5. The Morgan fingerprint density at radius 2 is 2.15 bits per heavy atom. The first-order chi connectivity index (χ1) is 9.63. The lowest BCUT2D eigenvalue weighted by Crippen LogP contribution is -2.40. The van der Waals surface area contributed by atoms with Crippen molar-refractivity contribution in [2.24, 2.45) is 0 Å². The van der Waals surface area contributed by atoms with Crippen molar-refractivity contribution in [1.29, 1.82) is 0 Å². The third-order valence-corrected chi connectivity index (χ3v) is 3.84. The molecular formula is C15H20N2O3. The smallest absolute Gasteiger partial charge is 0.337 e. The number of hydrogen-bond donors (Lipinski definition) is 1. The van der Waals surface area contributed by atoms with Gasteiger partial charge in [-0.05, 0) is 31.4 Å². The summed E-state index contributed by atoms with van der Waals surface area (Å²) in [5, 5.41) is 8.84. The summed E-state index contributed by atoms with van der Waals surface area (Å²) in [5.74, 6) is -1.12. The number of carboxylic acid groups (broad SMARTS) is 1. The van der Waals surface area contributed by atoms with Crippen molar-refractivity contribution >= 4 is 11.9 Å². The molecule has 1 aliphatic heterocycles. The second-order valence-corrected chi connectivity index (χ2v) is 5.15. The van der Waals surface area contributed by atoms with Crippen molar-refractivity contribution in [2.45, 2.75) is 45.1 Å². The molecule has 0 bridgehead atoms. The molecule has 0 aliphatic carbocycles. The third kappa shape index (κ3) is 3.15. The summed E-state index contributed by atoms with van der Waals surface area (Å²) < 4.78 is 0. The maximum atomic E-state index is 12.5. The molecule has 0 radical (unpaired) electrons. The van der Waals surface area contributed by atoms with Crippen LogP contribution in [0.3, 0.4) is 0 Å². The summed E-state index contributed by atoms with van der Waals surface area (Å²) in [6.07, 6.45) is 6.57. The quantitative estimate of drug-likeness (QED) is 0.921. The van der Waals surface area contributed by atoms with Gasteiger partial charge in [0.05, 0.1) is 5.56 Å². The summed E-state index contributed by atoms with van der Waals surface area (Å²) in [4.78, 5) is 29.2. The summed E-state index contributed by atoms with van der Waals surface area (Å²) in [6.45, 7) is 2.86. The average Bonchev–Trinajstić information content (AvgIpc) is 2.71. The Morgan fingerprint density at radius 3 is 2.75 bits per heavy atom. The van der Waals surface area contributed by atoms with Gasteiger partial charge in [0.25, 0.3) is 5.91 Å². The highest BCUT2D eigenvalue weighted by molar-refractivity contribution is 5.94. The van der Waals surface area contributed by atoms with Gasteiger partial charge in [-0.25, -0.2) is 4.79 Å². The van der Waals surface area contributed by atoms with Crippen LogP contribution < -0.4 is 0 Å². The number of pyridine rings is 1. The van der Waals surface area contributed by atoms with Crippen LogP contribution in [0.1, 0.15) is 59.9 Å². The van der Waals surface area contributed by atoms with Crippen LogP contribution in [0.25, 0.3) is 0 Å². The van der Waals surface area contributed by atoms with E-state index in [1.165, 1.54) is 18.3 Å². The van der Waals surface area contributed by atoms with Crippen molar-refractivity contribution < 1.29 is 14.7 Å². The summed E-state index contributed by atoms with van der Waals surface area (Å²) in [7, 11) is 0. The SMILES string of the molecule is CCC1CCCCCN1C(=O)c1ccc(C(=O)O)cn1. The van der Waals surface area contributed by atoms with Crippen LogP contribution in [-0.2, 0) is 0 Å². The molecule has 1 N–H and O–H groups in total. The van der Waals surface area contributed by atoms with Crippen molar-refractivity contribution in [2.75, 3.05) is 6.54 Å². The number of rotatable bonds is 3. The van der Waals surface area contributed by atoms with Gasteiger partial charge in [-0.15, -0.1) is 0 Å². The minimum atomic E-state index is -1.03. The predicted molar refractivity (Wildman–Crippen MR) is 74.8 cm³/mol. The summed E-state index contributed by atoms with van der Waals surface area (Å²) in [6, 6.07) is 3.20. The van der Waals surface area contributed by atoms with Crippen LogP contribution in [0.5, 0.6) is 0 Å². The lowest BCUT2D eigenvalue weighted by Gasteiger charge is -2.29. The summed E-state index contributed by atoms with van der Waals surface area (Å²) in [5.41, 5.74) is 0.430. The Morgan fingerprint density at radius 1 is 1.35 bits per heavy atom. The molecule has 20 heavy (non-hydrogen) atoms. The second-order valence-electron chi connectivity index (χ2n) is 5.15. The molecule has 0 saturated carbocycles. The molecule has 1 amide bonds. The maximum Gasteiger partial charge on any atom is 0.337 e. The average molecular weight is 276 g/mol. The van der Waals surface area contributed by atoms with E-state index < -0.39 is 5.97 Å². The largest absolute Gasteiger partial charge is 0.478 e. The second kappa shape index (κ2) is 6.50. The highest BCUT2D eigenvalue weighted by Gasteiger charge is 2.25. The minimum Gasteiger partial charge on any atom is -0.478 e. The molecule has 1 saturated heterocycles. The van der Waals surface area contributed by atoms with E-state index in [2.05, 4.69) is 11.9 Å². The van der Waals surface area contributed by atoms with Crippen LogP contribution in [0.4, 0.5) is 0 Å².